The number of fused-ring (bicyclic) bond motifs is 5. The van der Waals surface area contributed by atoms with Gasteiger partial charge in [-0.25, -0.2) is 0 Å². The second kappa shape index (κ2) is 4.73. The lowest BCUT2D eigenvalue weighted by atomic mass is 9.93. The predicted octanol–water partition coefficient (Wildman–Crippen LogP) is 4.22. The molecule has 5 rings (SSSR count). The highest BCUT2D eigenvalue weighted by Crippen LogP contribution is 2.49. The van der Waals surface area contributed by atoms with Gasteiger partial charge in [0.15, 0.2) is 0 Å². The van der Waals surface area contributed by atoms with Crippen LogP contribution in [0.3, 0.4) is 0 Å². The van der Waals surface area contributed by atoms with Crippen molar-refractivity contribution >= 4 is 24.0 Å². The first-order valence-corrected chi connectivity index (χ1v) is 11.7. The van der Waals surface area contributed by atoms with Crippen LogP contribution in [-0.4, -0.2) is 13.2 Å². The fourth-order valence-corrected chi connectivity index (χ4v) is 9.84. The molecule has 24 heavy (non-hydrogen) atoms. The van der Waals surface area contributed by atoms with E-state index in [9.17, 15) is 5.11 Å². The molecule has 2 aromatic rings. The van der Waals surface area contributed by atoms with E-state index in [1.165, 1.54) is 45.5 Å². The van der Waals surface area contributed by atoms with Gasteiger partial charge in [0.05, 0.1) is 0 Å². The minimum atomic E-state index is -1.56. The summed E-state index contributed by atoms with van der Waals surface area (Å²) >= 11 is 0. The fraction of sp³-hybridized carbons (Fsp3) is 0.273. The second-order valence-electron chi connectivity index (χ2n) is 7.57. The molecule has 1 unspecified atom stereocenters. The molecule has 1 heterocycles. The van der Waals surface area contributed by atoms with Gasteiger partial charge in [-0.1, -0.05) is 62.4 Å². The molecule has 2 heteroatoms. The summed E-state index contributed by atoms with van der Waals surface area (Å²) in [5.41, 5.74) is 8.05. The minimum Gasteiger partial charge on any atom is -0.507 e. The molecule has 0 saturated carbocycles. The van der Waals surface area contributed by atoms with Gasteiger partial charge in [0.25, 0.3) is 0 Å². The highest BCUT2D eigenvalue weighted by atomic mass is 28.3. The first-order valence-electron chi connectivity index (χ1n) is 9.04. The first-order chi connectivity index (χ1) is 11.7. The van der Waals surface area contributed by atoms with Gasteiger partial charge in [0.1, 0.15) is 13.8 Å². The van der Waals surface area contributed by atoms with Crippen molar-refractivity contribution in [1.29, 1.82) is 0 Å². The van der Waals surface area contributed by atoms with Gasteiger partial charge in [0.2, 0.25) is 0 Å². The van der Waals surface area contributed by atoms with Crippen molar-refractivity contribution < 1.29 is 5.11 Å². The zero-order chi connectivity index (χ0) is 16.5. The van der Waals surface area contributed by atoms with Crippen molar-refractivity contribution in [2.45, 2.75) is 38.8 Å². The number of benzene rings is 2. The maximum atomic E-state index is 11.2. The highest BCUT2D eigenvalue weighted by Gasteiger charge is 2.54. The summed E-state index contributed by atoms with van der Waals surface area (Å²) in [6.45, 7) is 4.72. The molecular weight excluding hydrogens is 308 g/mol. The molecule has 2 aliphatic carbocycles. The van der Waals surface area contributed by atoms with E-state index < -0.39 is 8.07 Å². The molecule has 0 saturated heterocycles. The molecule has 2 aromatic carbocycles. The maximum Gasteiger partial charge on any atom is 0.123 e. The Kier molecular flexibility index (Phi) is 2.82. The summed E-state index contributed by atoms with van der Waals surface area (Å²) in [7, 11) is -1.56. The van der Waals surface area contributed by atoms with Crippen LogP contribution < -0.4 is 10.4 Å². The van der Waals surface area contributed by atoms with E-state index in [1.807, 2.05) is 0 Å². The van der Waals surface area contributed by atoms with Gasteiger partial charge >= 0.3 is 0 Å². The number of aromatic hydroxyl groups is 1. The number of phenolic OH excluding ortho intramolecular Hbond substituents is 1. The van der Waals surface area contributed by atoms with E-state index in [-0.39, 0.29) is 0 Å². The van der Waals surface area contributed by atoms with Gasteiger partial charge in [0, 0.05) is 5.56 Å². The zero-order valence-electron chi connectivity index (χ0n) is 14.3. The Bertz CT molecular complexity index is 951. The number of rotatable bonds is 3. The van der Waals surface area contributed by atoms with Crippen molar-refractivity contribution in [2.24, 2.45) is 0 Å². The van der Waals surface area contributed by atoms with Gasteiger partial charge < -0.3 is 5.11 Å². The third-order valence-electron chi connectivity index (χ3n) is 6.11. The van der Waals surface area contributed by atoms with Crippen LogP contribution in [0.1, 0.15) is 36.5 Å². The van der Waals surface area contributed by atoms with E-state index in [0.29, 0.717) is 5.75 Å². The van der Waals surface area contributed by atoms with E-state index in [0.717, 1.165) is 18.4 Å². The van der Waals surface area contributed by atoms with E-state index in [2.05, 4.69) is 56.0 Å². The summed E-state index contributed by atoms with van der Waals surface area (Å²) in [5.74, 6) is 0.609. The number of hydrogen-bond donors (Lipinski definition) is 1. The van der Waals surface area contributed by atoms with Crippen LogP contribution in [0.15, 0.2) is 42.5 Å². The van der Waals surface area contributed by atoms with E-state index in [4.69, 9.17) is 0 Å². The van der Waals surface area contributed by atoms with Gasteiger partial charge in [-0.05, 0) is 57.1 Å². The number of phenols is 1. The predicted molar refractivity (Wildman–Crippen MR) is 104 cm³/mol. The molecule has 0 fully saturated rings. The van der Waals surface area contributed by atoms with Crippen molar-refractivity contribution in [3.63, 3.8) is 0 Å². The summed E-state index contributed by atoms with van der Waals surface area (Å²) < 4.78 is 0. The Hall–Kier alpha value is -2.06. The van der Waals surface area contributed by atoms with Crippen LogP contribution in [0, 0.1) is 0 Å². The molecular formula is C22H22OSi. The zero-order valence-corrected chi connectivity index (χ0v) is 15.3. The van der Waals surface area contributed by atoms with Crippen LogP contribution in [0.4, 0.5) is 0 Å². The van der Waals surface area contributed by atoms with Gasteiger partial charge in [-0.3, -0.25) is 0 Å². The monoisotopic (exact) mass is 330 g/mol. The Labute approximate surface area is 144 Å². The van der Waals surface area contributed by atoms with Crippen molar-refractivity contribution in [2.75, 3.05) is 0 Å². The molecule has 1 atom stereocenters. The van der Waals surface area contributed by atoms with E-state index in [1.54, 1.807) is 5.19 Å². The molecule has 1 aliphatic heterocycles. The van der Waals surface area contributed by atoms with Gasteiger partial charge in [-0.15, -0.1) is 0 Å². The second-order valence-corrected chi connectivity index (χ2v) is 11.7. The topological polar surface area (TPSA) is 20.2 Å². The molecule has 3 aliphatic rings. The van der Waals surface area contributed by atoms with Crippen LogP contribution in [-0.2, 0) is 6.42 Å². The lowest BCUT2D eigenvalue weighted by Crippen LogP contribution is -2.24. The molecule has 0 bridgehead atoms. The molecule has 0 radical (unpaired) electrons. The molecule has 0 aromatic heterocycles. The van der Waals surface area contributed by atoms with E-state index >= 15 is 0 Å². The minimum absolute atomic E-state index is 0.609. The Morgan fingerprint density at radius 2 is 1.96 bits per heavy atom. The molecule has 0 amide bonds. The Balaban J connectivity index is 1.82. The maximum absolute atomic E-state index is 11.2. The van der Waals surface area contributed by atoms with Crippen LogP contribution >= 0.6 is 0 Å². The average molecular weight is 331 g/mol. The lowest BCUT2D eigenvalue weighted by molar-refractivity contribution is 0.479. The Morgan fingerprint density at radius 3 is 2.71 bits per heavy atom. The smallest absolute Gasteiger partial charge is 0.123 e. The summed E-state index contributed by atoms with van der Waals surface area (Å²) in [4.78, 5) is 0. The van der Waals surface area contributed by atoms with Crippen LogP contribution in [0.5, 0.6) is 5.75 Å². The molecule has 1 nitrogen and oxygen atoms in total. The molecule has 0 spiro atoms. The average Bonchev–Trinajstić information content (AvgIpc) is 2.97. The quantitative estimate of drug-likeness (QED) is 0.713. The van der Waals surface area contributed by atoms with Crippen molar-refractivity contribution in [1.82, 2.24) is 0 Å². The van der Waals surface area contributed by atoms with Crippen molar-refractivity contribution in [3.8, 4) is 16.9 Å². The summed E-state index contributed by atoms with van der Waals surface area (Å²) in [5, 5.41) is 14.2. The number of allylic oxidation sites excluding steroid dienone is 4. The SMILES string of the molecule is CCC[Si]1(C)c2c(O)c(C3=CC=CC3)c3c(c21)Cc1ccccc1-3. The normalized spacial score (nSPS) is 22.2. The molecule has 1 N–H and O–H groups in total. The summed E-state index contributed by atoms with van der Waals surface area (Å²) in [6, 6.07) is 10.0. The lowest BCUT2D eigenvalue weighted by Gasteiger charge is -2.13. The fourth-order valence-electron chi connectivity index (χ4n) is 5.07. The number of hydrogen-bond acceptors (Lipinski definition) is 1. The van der Waals surface area contributed by atoms with Gasteiger partial charge in [-0.2, -0.15) is 0 Å². The third kappa shape index (κ3) is 1.64. The van der Waals surface area contributed by atoms with Crippen LogP contribution in [0.2, 0.25) is 12.6 Å². The van der Waals surface area contributed by atoms with Crippen molar-refractivity contribution in [3.05, 3.63) is 59.2 Å². The standard InChI is InChI=1S/C22H22OSi/c1-3-12-24(2)21-17-13-15-10-6-7-11-16(15)19(17)18(20(23)22(21)24)14-8-4-5-9-14/h4-8,10-11,23H,3,9,12-13H2,1-2H3. The third-order valence-corrected chi connectivity index (χ3v) is 10.6. The Morgan fingerprint density at radius 1 is 1.12 bits per heavy atom. The largest absolute Gasteiger partial charge is 0.507 e. The van der Waals surface area contributed by atoms with Crippen LogP contribution in [0.25, 0.3) is 16.7 Å². The first kappa shape index (κ1) is 14.3. The highest BCUT2D eigenvalue weighted by molar-refractivity contribution is 7.17. The molecule has 120 valence electrons. The summed E-state index contributed by atoms with van der Waals surface area (Å²) in [6.07, 6.45) is 9.69.